The molecule has 1 aliphatic rings. The quantitative estimate of drug-likeness (QED) is 0.777. The van der Waals surface area contributed by atoms with Gasteiger partial charge in [-0.15, -0.1) is 0 Å². The number of benzene rings is 2. The van der Waals surface area contributed by atoms with Crippen LogP contribution in [0.5, 0.6) is 0 Å². The molecule has 1 heterocycles. The van der Waals surface area contributed by atoms with Gasteiger partial charge in [-0.3, -0.25) is 9.79 Å². The van der Waals surface area contributed by atoms with Crippen molar-refractivity contribution in [1.29, 1.82) is 0 Å². The maximum absolute atomic E-state index is 11.9. The minimum Gasteiger partial charge on any atom is -0.309 e. The molecule has 1 atom stereocenters. The first-order valence-corrected chi connectivity index (χ1v) is 7.18. The number of aliphatic imine (C=N–C) groups is 1. The van der Waals surface area contributed by atoms with E-state index in [4.69, 9.17) is 4.99 Å². The van der Waals surface area contributed by atoms with Crippen LogP contribution < -0.4 is 4.90 Å². The number of para-hydroxylation sites is 2. The van der Waals surface area contributed by atoms with Gasteiger partial charge in [0.05, 0.1) is 17.1 Å². The molecule has 0 spiro atoms. The minimum atomic E-state index is 0.0775. The van der Waals surface area contributed by atoms with E-state index < -0.39 is 0 Å². The lowest BCUT2D eigenvalue weighted by atomic mass is 9.94. The summed E-state index contributed by atoms with van der Waals surface area (Å²) in [7, 11) is 0. The maximum Gasteiger partial charge on any atom is 0.224 e. The van der Waals surface area contributed by atoms with E-state index in [2.05, 4.69) is 6.92 Å². The van der Waals surface area contributed by atoms with Crippen LogP contribution in [-0.4, -0.2) is 17.7 Å². The average Bonchev–Trinajstić information content (AvgIpc) is 2.48. The number of amides is 1. The molecule has 0 unspecified atom stereocenters. The lowest BCUT2D eigenvalue weighted by molar-refractivity contribution is -0.117. The molecule has 1 amide bonds. The number of nitrogens with zero attached hydrogens (tertiary/aromatic N) is 2. The van der Waals surface area contributed by atoms with E-state index in [1.54, 1.807) is 6.92 Å². The predicted octanol–water partition coefficient (Wildman–Crippen LogP) is 3.95. The Bertz CT molecular complexity index is 691. The van der Waals surface area contributed by atoms with Crippen LogP contribution in [0.15, 0.2) is 59.6 Å². The molecular weight excluding hydrogens is 260 g/mol. The topological polar surface area (TPSA) is 32.7 Å². The fourth-order valence-electron chi connectivity index (χ4n) is 2.89. The highest BCUT2D eigenvalue weighted by Gasteiger charge is 2.29. The standard InChI is InChI=1S/C18H18N2O/c1-13-12-17(19-15-8-4-3-5-9-15)16-10-6-7-11-18(16)20(13)14(2)21/h3-11,13H,12H2,1-2H3/b19-17-/t13-/m0/s1. The van der Waals surface area contributed by atoms with Crippen LogP contribution in [-0.2, 0) is 4.79 Å². The van der Waals surface area contributed by atoms with Crippen molar-refractivity contribution in [1.82, 2.24) is 0 Å². The number of carbonyl (C=O) groups is 1. The van der Waals surface area contributed by atoms with Crippen molar-refractivity contribution in [3.8, 4) is 0 Å². The molecule has 0 aromatic heterocycles. The molecule has 0 bridgehead atoms. The van der Waals surface area contributed by atoms with Crippen LogP contribution in [0.1, 0.15) is 25.8 Å². The first-order chi connectivity index (χ1) is 10.2. The first-order valence-electron chi connectivity index (χ1n) is 7.18. The van der Waals surface area contributed by atoms with Crippen molar-refractivity contribution in [2.24, 2.45) is 4.99 Å². The summed E-state index contributed by atoms with van der Waals surface area (Å²) in [6.07, 6.45) is 0.769. The molecule has 21 heavy (non-hydrogen) atoms. The van der Waals surface area contributed by atoms with Gasteiger partial charge < -0.3 is 4.90 Å². The molecule has 0 saturated carbocycles. The maximum atomic E-state index is 11.9. The lowest BCUT2D eigenvalue weighted by Crippen LogP contribution is -2.42. The van der Waals surface area contributed by atoms with Gasteiger partial charge in [-0.05, 0) is 25.1 Å². The second kappa shape index (κ2) is 5.52. The monoisotopic (exact) mass is 278 g/mol. The molecule has 3 rings (SSSR count). The van der Waals surface area contributed by atoms with Crippen molar-refractivity contribution in [3.05, 3.63) is 60.2 Å². The van der Waals surface area contributed by atoms with Gasteiger partial charge >= 0.3 is 0 Å². The lowest BCUT2D eigenvalue weighted by Gasteiger charge is -2.35. The van der Waals surface area contributed by atoms with Gasteiger partial charge in [-0.2, -0.15) is 0 Å². The summed E-state index contributed by atoms with van der Waals surface area (Å²) >= 11 is 0. The molecule has 0 saturated heterocycles. The van der Waals surface area contributed by atoms with Crippen molar-refractivity contribution in [2.75, 3.05) is 4.90 Å². The molecule has 2 aromatic carbocycles. The van der Waals surface area contributed by atoms with Crippen LogP contribution in [0, 0.1) is 0 Å². The van der Waals surface area contributed by atoms with Crippen molar-refractivity contribution in [2.45, 2.75) is 26.3 Å². The third-order valence-corrected chi connectivity index (χ3v) is 3.76. The van der Waals surface area contributed by atoms with Crippen molar-refractivity contribution in [3.63, 3.8) is 0 Å². The van der Waals surface area contributed by atoms with Crippen LogP contribution in [0.2, 0.25) is 0 Å². The Kier molecular flexibility index (Phi) is 3.57. The fraction of sp³-hybridized carbons (Fsp3) is 0.222. The molecule has 106 valence electrons. The van der Waals surface area contributed by atoms with E-state index in [0.717, 1.165) is 29.1 Å². The zero-order valence-corrected chi connectivity index (χ0v) is 12.3. The SMILES string of the molecule is CC(=O)N1c2ccccc2/C(=N\c2ccccc2)C[C@@H]1C. The molecule has 2 aromatic rings. The summed E-state index contributed by atoms with van der Waals surface area (Å²) in [5.41, 5.74) is 4.00. The highest BCUT2D eigenvalue weighted by Crippen LogP contribution is 2.32. The van der Waals surface area contributed by atoms with Gasteiger partial charge in [0.15, 0.2) is 0 Å². The number of anilines is 1. The molecular formula is C18H18N2O. The highest BCUT2D eigenvalue weighted by molar-refractivity contribution is 6.12. The zero-order valence-electron chi connectivity index (χ0n) is 12.3. The number of fused-ring (bicyclic) bond motifs is 1. The van der Waals surface area contributed by atoms with E-state index >= 15 is 0 Å². The fourth-order valence-corrected chi connectivity index (χ4v) is 2.89. The zero-order chi connectivity index (χ0) is 14.8. The Morgan fingerprint density at radius 1 is 1.10 bits per heavy atom. The summed E-state index contributed by atoms with van der Waals surface area (Å²) in [6, 6.07) is 18.1. The van der Waals surface area contributed by atoms with E-state index in [0.29, 0.717) is 0 Å². The van der Waals surface area contributed by atoms with Crippen LogP contribution in [0.4, 0.5) is 11.4 Å². The van der Waals surface area contributed by atoms with Crippen LogP contribution in [0.3, 0.4) is 0 Å². The van der Waals surface area contributed by atoms with Gasteiger partial charge in [0.25, 0.3) is 0 Å². The molecule has 1 aliphatic heterocycles. The Morgan fingerprint density at radius 3 is 2.48 bits per heavy atom. The number of carbonyl (C=O) groups excluding carboxylic acids is 1. The van der Waals surface area contributed by atoms with E-state index in [9.17, 15) is 4.79 Å². The van der Waals surface area contributed by atoms with Crippen molar-refractivity contribution >= 4 is 23.0 Å². The third kappa shape index (κ3) is 2.59. The molecule has 0 N–H and O–H groups in total. The normalized spacial score (nSPS) is 19.4. The van der Waals surface area contributed by atoms with Gasteiger partial charge in [0.1, 0.15) is 0 Å². The van der Waals surface area contributed by atoms with Crippen LogP contribution >= 0.6 is 0 Å². The van der Waals surface area contributed by atoms with Gasteiger partial charge in [-0.25, -0.2) is 0 Å². The van der Waals surface area contributed by atoms with Gasteiger partial charge in [-0.1, -0.05) is 36.4 Å². The van der Waals surface area contributed by atoms with E-state index in [1.165, 1.54) is 0 Å². The number of rotatable bonds is 1. The largest absolute Gasteiger partial charge is 0.309 e. The third-order valence-electron chi connectivity index (χ3n) is 3.76. The summed E-state index contributed by atoms with van der Waals surface area (Å²) in [6.45, 7) is 3.68. The van der Waals surface area contributed by atoms with Crippen LogP contribution in [0.25, 0.3) is 0 Å². The molecule has 0 aliphatic carbocycles. The summed E-state index contributed by atoms with van der Waals surface area (Å²) in [4.78, 5) is 18.6. The Morgan fingerprint density at radius 2 is 1.76 bits per heavy atom. The van der Waals surface area contributed by atoms with Gasteiger partial charge in [0.2, 0.25) is 5.91 Å². The Labute approximate surface area is 124 Å². The summed E-state index contributed by atoms with van der Waals surface area (Å²) in [5, 5.41) is 0. The summed E-state index contributed by atoms with van der Waals surface area (Å²) < 4.78 is 0. The second-order valence-electron chi connectivity index (χ2n) is 5.35. The number of hydrogen-bond donors (Lipinski definition) is 0. The smallest absolute Gasteiger partial charge is 0.224 e. The predicted molar refractivity (Wildman–Crippen MR) is 86.3 cm³/mol. The van der Waals surface area contributed by atoms with Gasteiger partial charge in [0, 0.05) is 24.9 Å². The van der Waals surface area contributed by atoms with Crippen molar-refractivity contribution < 1.29 is 4.79 Å². The Balaban J connectivity index is 2.10. The Hall–Kier alpha value is -2.42. The second-order valence-corrected chi connectivity index (χ2v) is 5.35. The first kappa shape index (κ1) is 13.6. The number of hydrogen-bond acceptors (Lipinski definition) is 2. The average molecular weight is 278 g/mol. The van der Waals surface area contributed by atoms with E-state index in [1.807, 2.05) is 59.5 Å². The molecule has 3 nitrogen and oxygen atoms in total. The molecule has 0 radical (unpaired) electrons. The summed E-state index contributed by atoms with van der Waals surface area (Å²) in [5.74, 6) is 0.0775. The molecule has 3 heteroatoms. The molecule has 0 fully saturated rings. The van der Waals surface area contributed by atoms with E-state index in [-0.39, 0.29) is 11.9 Å². The highest BCUT2D eigenvalue weighted by atomic mass is 16.2. The minimum absolute atomic E-state index is 0.0775.